The standard InChI is InChI=1S/C24H29NO2/c1-6-10-22(27-7-2)20-15-25-24(19-12-9-8-11-18(19)20)23-16(3)13-14-21(26-5)17(23)4/h8-9,11-15,22H,6-7,10H2,1-5H3. The first-order valence-electron chi connectivity index (χ1n) is 9.76. The maximum atomic E-state index is 6.05. The normalized spacial score (nSPS) is 12.3. The number of benzene rings is 2. The van der Waals surface area contributed by atoms with Crippen molar-refractivity contribution in [1.29, 1.82) is 0 Å². The molecule has 0 aliphatic carbocycles. The molecular weight excluding hydrogens is 334 g/mol. The molecule has 1 aromatic heterocycles. The minimum atomic E-state index is 0.0824. The summed E-state index contributed by atoms with van der Waals surface area (Å²) in [7, 11) is 1.72. The predicted octanol–water partition coefficient (Wildman–Crippen LogP) is 6.40. The molecule has 0 saturated heterocycles. The van der Waals surface area contributed by atoms with E-state index in [4.69, 9.17) is 14.5 Å². The second-order valence-corrected chi connectivity index (χ2v) is 6.93. The van der Waals surface area contributed by atoms with Crippen LogP contribution in [0.3, 0.4) is 0 Å². The highest BCUT2D eigenvalue weighted by atomic mass is 16.5. The van der Waals surface area contributed by atoms with E-state index in [1.165, 1.54) is 16.5 Å². The Bertz CT molecular complexity index is 927. The van der Waals surface area contributed by atoms with Gasteiger partial charge in [-0.2, -0.15) is 0 Å². The van der Waals surface area contributed by atoms with Crippen LogP contribution in [-0.2, 0) is 4.74 Å². The van der Waals surface area contributed by atoms with Crippen molar-refractivity contribution in [3.63, 3.8) is 0 Å². The molecule has 3 rings (SSSR count). The lowest BCUT2D eigenvalue weighted by molar-refractivity contribution is 0.0565. The fourth-order valence-electron chi connectivity index (χ4n) is 3.88. The lowest BCUT2D eigenvalue weighted by Gasteiger charge is -2.21. The smallest absolute Gasteiger partial charge is 0.122 e. The molecule has 0 fully saturated rings. The first-order chi connectivity index (χ1) is 13.1. The summed E-state index contributed by atoms with van der Waals surface area (Å²) in [5, 5.41) is 2.38. The lowest BCUT2D eigenvalue weighted by Crippen LogP contribution is -2.06. The molecule has 0 N–H and O–H groups in total. The first-order valence-corrected chi connectivity index (χ1v) is 9.76. The summed E-state index contributed by atoms with van der Waals surface area (Å²) in [6.45, 7) is 9.18. The van der Waals surface area contributed by atoms with Crippen molar-refractivity contribution in [2.24, 2.45) is 0 Å². The summed E-state index contributed by atoms with van der Waals surface area (Å²) in [5.41, 5.74) is 5.67. The predicted molar refractivity (Wildman–Crippen MR) is 112 cm³/mol. The Morgan fingerprint density at radius 3 is 2.41 bits per heavy atom. The Labute approximate surface area is 162 Å². The Hall–Kier alpha value is -2.39. The maximum Gasteiger partial charge on any atom is 0.122 e. The van der Waals surface area contributed by atoms with Crippen molar-refractivity contribution in [3.8, 4) is 17.0 Å². The van der Waals surface area contributed by atoms with E-state index in [0.717, 1.165) is 40.8 Å². The summed E-state index contributed by atoms with van der Waals surface area (Å²) in [6, 6.07) is 12.6. The van der Waals surface area contributed by atoms with Crippen LogP contribution in [0.5, 0.6) is 5.75 Å². The average Bonchev–Trinajstić information content (AvgIpc) is 2.68. The molecule has 3 nitrogen and oxygen atoms in total. The molecule has 0 aliphatic rings. The molecule has 0 amide bonds. The van der Waals surface area contributed by atoms with Crippen molar-refractivity contribution >= 4 is 10.8 Å². The van der Waals surface area contributed by atoms with Gasteiger partial charge in [0.15, 0.2) is 0 Å². The van der Waals surface area contributed by atoms with E-state index >= 15 is 0 Å². The molecule has 1 atom stereocenters. The van der Waals surface area contributed by atoms with Crippen LogP contribution in [0.15, 0.2) is 42.6 Å². The van der Waals surface area contributed by atoms with E-state index in [2.05, 4.69) is 58.0 Å². The van der Waals surface area contributed by atoms with Gasteiger partial charge in [0.25, 0.3) is 0 Å². The van der Waals surface area contributed by atoms with Crippen LogP contribution in [0.25, 0.3) is 22.0 Å². The Kier molecular flexibility index (Phi) is 6.12. The van der Waals surface area contributed by atoms with Gasteiger partial charge in [-0.05, 0) is 44.2 Å². The topological polar surface area (TPSA) is 31.4 Å². The third-order valence-electron chi connectivity index (χ3n) is 5.17. The fraction of sp³-hybridized carbons (Fsp3) is 0.375. The summed E-state index contributed by atoms with van der Waals surface area (Å²) in [5.74, 6) is 0.892. The van der Waals surface area contributed by atoms with Gasteiger partial charge in [0.05, 0.1) is 18.9 Å². The first kappa shape index (κ1) is 19.4. The number of hydrogen-bond donors (Lipinski definition) is 0. The number of hydrogen-bond acceptors (Lipinski definition) is 3. The van der Waals surface area contributed by atoms with Crippen LogP contribution in [0.4, 0.5) is 0 Å². The molecular formula is C24H29NO2. The second kappa shape index (κ2) is 8.53. The Morgan fingerprint density at radius 1 is 1.00 bits per heavy atom. The van der Waals surface area contributed by atoms with Gasteiger partial charge in [-0.3, -0.25) is 4.98 Å². The maximum absolute atomic E-state index is 6.05. The van der Waals surface area contributed by atoms with Gasteiger partial charge in [0.1, 0.15) is 5.75 Å². The molecule has 2 aromatic carbocycles. The van der Waals surface area contributed by atoms with Crippen molar-refractivity contribution in [1.82, 2.24) is 4.98 Å². The molecule has 3 heteroatoms. The van der Waals surface area contributed by atoms with Gasteiger partial charge in [-0.1, -0.05) is 43.7 Å². The number of ether oxygens (including phenoxy) is 2. The average molecular weight is 364 g/mol. The van der Waals surface area contributed by atoms with Crippen LogP contribution in [0.2, 0.25) is 0 Å². The molecule has 0 bridgehead atoms. The van der Waals surface area contributed by atoms with Crippen LogP contribution in [0.1, 0.15) is 49.5 Å². The van der Waals surface area contributed by atoms with Crippen LogP contribution < -0.4 is 4.74 Å². The molecule has 0 spiro atoms. The Balaban J connectivity index is 2.25. The highest BCUT2D eigenvalue weighted by Crippen LogP contribution is 2.38. The number of aromatic nitrogens is 1. The molecule has 0 saturated carbocycles. The number of aryl methyl sites for hydroxylation is 1. The number of rotatable bonds is 7. The number of pyridine rings is 1. The zero-order chi connectivity index (χ0) is 19.4. The highest BCUT2D eigenvalue weighted by Gasteiger charge is 2.19. The quantitative estimate of drug-likeness (QED) is 0.486. The van der Waals surface area contributed by atoms with Crippen molar-refractivity contribution in [2.75, 3.05) is 13.7 Å². The van der Waals surface area contributed by atoms with Crippen molar-refractivity contribution < 1.29 is 9.47 Å². The third-order valence-corrected chi connectivity index (χ3v) is 5.17. The van der Waals surface area contributed by atoms with E-state index in [-0.39, 0.29) is 6.10 Å². The largest absolute Gasteiger partial charge is 0.496 e. The van der Waals surface area contributed by atoms with Gasteiger partial charge in [0.2, 0.25) is 0 Å². The number of nitrogens with zero attached hydrogens (tertiary/aromatic N) is 1. The zero-order valence-corrected chi connectivity index (χ0v) is 17.0. The molecule has 142 valence electrons. The van der Waals surface area contributed by atoms with E-state index in [1.54, 1.807) is 7.11 Å². The van der Waals surface area contributed by atoms with Gasteiger partial charge >= 0.3 is 0 Å². The molecule has 1 heterocycles. The zero-order valence-electron chi connectivity index (χ0n) is 17.0. The second-order valence-electron chi connectivity index (χ2n) is 6.93. The molecule has 27 heavy (non-hydrogen) atoms. The molecule has 0 aliphatic heterocycles. The number of fused-ring (bicyclic) bond motifs is 1. The van der Waals surface area contributed by atoms with Gasteiger partial charge in [-0.25, -0.2) is 0 Å². The van der Waals surface area contributed by atoms with Crippen LogP contribution >= 0.6 is 0 Å². The highest BCUT2D eigenvalue weighted by molar-refractivity contribution is 5.98. The SMILES string of the molecule is CCCC(OCC)c1cnc(-c2c(C)ccc(OC)c2C)c2ccccc12. The van der Waals surface area contributed by atoms with E-state index in [9.17, 15) is 0 Å². The van der Waals surface area contributed by atoms with E-state index in [1.807, 2.05) is 12.3 Å². The number of methoxy groups -OCH3 is 1. The van der Waals surface area contributed by atoms with Crippen molar-refractivity contribution in [3.05, 3.63) is 59.3 Å². The van der Waals surface area contributed by atoms with Crippen molar-refractivity contribution in [2.45, 2.75) is 46.6 Å². The van der Waals surface area contributed by atoms with Crippen LogP contribution in [-0.4, -0.2) is 18.7 Å². The summed E-state index contributed by atoms with van der Waals surface area (Å²) < 4.78 is 11.6. The Morgan fingerprint density at radius 2 is 1.74 bits per heavy atom. The third kappa shape index (κ3) is 3.70. The fourth-order valence-corrected chi connectivity index (χ4v) is 3.88. The molecule has 1 unspecified atom stereocenters. The van der Waals surface area contributed by atoms with Gasteiger partial charge in [-0.15, -0.1) is 0 Å². The lowest BCUT2D eigenvalue weighted by atomic mass is 9.92. The monoisotopic (exact) mass is 363 g/mol. The molecule has 0 radical (unpaired) electrons. The van der Waals surface area contributed by atoms with E-state index in [0.29, 0.717) is 6.61 Å². The van der Waals surface area contributed by atoms with E-state index < -0.39 is 0 Å². The summed E-state index contributed by atoms with van der Waals surface area (Å²) in [6.07, 6.45) is 4.16. The van der Waals surface area contributed by atoms with Gasteiger partial charge < -0.3 is 9.47 Å². The summed E-state index contributed by atoms with van der Waals surface area (Å²) in [4.78, 5) is 4.92. The minimum absolute atomic E-state index is 0.0824. The molecule has 3 aromatic rings. The van der Waals surface area contributed by atoms with Crippen LogP contribution in [0, 0.1) is 13.8 Å². The summed E-state index contributed by atoms with van der Waals surface area (Å²) >= 11 is 0. The minimum Gasteiger partial charge on any atom is -0.496 e. The van der Waals surface area contributed by atoms with Gasteiger partial charge in [0, 0.05) is 34.9 Å².